The number of piperazine rings is 1. The van der Waals surface area contributed by atoms with Gasteiger partial charge in [-0.05, 0) is 37.6 Å². The highest BCUT2D eigenvalue weighted by Crippen LogP contribution is 2.19. The molecule has 2 N–H and O–H groups in total. The fraction of sp³-hybridized carbons (Fsp3) is 0.688. The average molecular weight is 292 g/mol. The van der Waals surface area contributed by atoms with Crippen LogP contribution in [0.2, 0.25) is 0 Å². The molecule has 0 amide bonds. The first-order valence-corrected chi connectivity index (χ1v) is 8.02. The monoisotopic (exact) mass is 292 g/mol. The van der Waals surface area contributed by atoms with Gasteiger partial charge >= 0.3 is 0 Å². The molecule has 21 heavy (non-hydrogen) atoms. The summed E-state index contributed by atoms with van der Waals surface area (Å²) >= 11 is 0. The molecule has 0 spiro atoms. The van der Waals surface area contributed by atoms with Crippen LogP contribution in [-0.2, 0) is 0 Å². The van der Waals surface area contributed by atoms with Crippen LogP contribution in [-0.4, -0.2) is 60.9 Å². The number of aromatic nitrogens is 1. The van der Waals surface area contributed by atoms with E-state index in [2.05, 4.69) is 46.1 Å². The Morgan fingerprint density at radius 1 is 1.33 bits per heavy atom. The van der Waals surface area contributed by atoms with Gasteiger partial charge in [0.05, 0.1) is 6.61 Å². The lowest BCUT2D eigenvalue weighted by molar-refractivity contribution is 0.188. The molecule has 5 heteroatoms. The van der Waals surface area contributed by atoms with Crippen LogP contribution in [0.1, 0.15) is 31.9 Å². The van der Waals surface area contributed by atoms with E-state index >= 15 is 0 Å². The first kappa shape index (κ1) is 16.2. The molecule has 1 aliphatic rings. The molecule has 118 valence electrons. The molecule has 1 atom stereocenters. The lowest BCUT2D eigenvalue weighted by atomic mass is 10.1. The van der Waals surface area contributed by atoms with Crippen molar-refractivity contribution in [3.05, 3.63) is 23.9 Å². The van der Waals surface area contributed by atoms with Crippen LogP contribution in [0.4, 0.5) is 5.82 Å². The third kappa shape index (κ3) is 4.66. The number of aliphatic hydroxyl groups excluding tert-OH is 1. The third-order valence-electron chi connectivity index (χ3n) is 4.08. The normalized spacial score (nSPS) is 18.0. The summed E-state index contributed by atoms with van der Waals surface area (Å²) in [5.41, 5.74) is 1.30. The van der Waals surface area contributed by atoms with Crippen LogP contribution in [0.5, 0.6) is 0 Å². The highest BCUT2D eigenvalue weighted by atomic mass is 16.3. The quantitative estimate of drug-likeness (QED) is 0.792. The van der Waals surface area contributed by atoms with Gasteiger partial charge in [-0.2, -0.15) is 0 Å². The summed E-state index contributed by atoms with van der Waals surface area (Å²) < 4.78 is 0. The van der Waals surface area contributed by atoms with Gasteiger partial charge in [-0.1, -0.05) is 6.92 Å². The molecule has 0 saturated carbocycles. The van der Waals surface area contributed by atoms with Crippen LogP contribution < -0.4 is 10.2 Å². The molecule has 1 fully saturated rings. The topological polar surface area (TPSA) is 51.6 Å². The lowest BCUT2D eigenvalue weighted by Crippen LogP contribution is -2.47. The maximum atomic E-state index is 9.00. The zero-order valence-electron chi connectivity index (χ0n) is 13.3. The molecular weight excluding hydrogens is 264 g/mol. The molecule has 5 nitrogen and oxygen atoms in total. The summed E-state index contributed by atoms with van der Waals surface area (Å²) in [6, 6.07) is 4.66. The summed E-state index contributed by atoms with van der Waals surface area (Å²) in [5.74, 6) is 1.07. The zero-order valence-corrected chi connectivity index (χ0v) is 13.3. The van der Waals surface area contributed by atoms with Crippen LogP contribution >= 0.6 is 0 Å². The van der Waals surface area contributed by atoms with E-state index in [1.54, 1.807) is 0 Å². The van der Waals surface area contributed by atoms with Crippen molar-refractivity contribution in [3.63, 3.8) is 0 Å². The van der Waals surface area contributed by atoms with Crippen molar-refractivity contribution in [2.24, 2.45) is 0 Å². The Morgan fingerprint density at radius 2 is 2.10 bits per heavy atom. The molecule has 0 aromatic carbocycles. The van der Waals surface area contributed by atoms with E-state index < -0.39 is 0 Å². The number of aliphatic hydroxyl groups is 1. The van der Waals surface area contributed by atoms with Crippen molar-refractivity contribution in [2.45, 2.75) is 26.3 Å². The molecule has 2 rings (SSSR count). The second-order valence-corrected chi connectivity index (χ2v) is 5.68. The van der Waals surface area contributed by atoms with Crippen molar-refractivity contribution in [1.29, 1.82) is 0 Å². The van der Waals surface area contributed by atoms with Crippen LogP contribution in [0.25, 0.3) is 0 Å². The number of rotatable bonds is 7. The number of nitrogens with one attached hydrogen (secondary N) is 1. The summed E-state index contributed by atoms with van der Waals surface area (Å²) in [6.45, 7) is 10.4. The van der Waals surface area contributed by atoms with Crippen molar-refractivity contribution in [2.75, 3.05) is 50.8 Å². The highest BCUT2D eigenvalue weighted by Gasteiger charge is 2.18. The SMILES string of the molecule is CCCNC(C)c1ccnc(N2CCN(CCO)CC2)c1. The highest BCUT2D eigenvalue weighted by molar-refractivity contribution is 5.42. The summed E-state index contributed by atoms with van der Waals surface area (Å²) in [4.78, 5) is 9.16. The van der Waals surface area contributed by atoms with Gasteiger partial charge in [-0.15, -0.1) is 0 Å². The standard InChI is InChI=1S/C16H28N4O/c1-3-5-17-14(2)15-4-6-18-16(13-15)20-9-7-19(8-10-20)11-12-21/h4,6,13-14,17,21H,3,5,7-12H2,1-2H3. The first-order valence-electron chi connectivity index (χ1n) is 8.02. The molecule has 1 aromatic heterocycles. The Hall–Kier alpha value is -1.17. The van der Waals surface area contributed by atoms with Crippen molar-refractivity contribution in [1.82, 2.24) is 15.2 Å². The van der Waals surface area contributed by atoms with Crippen LogP contribution in [0.3, 0.4) is 0 Å². The predicted octanol–water partition coefficient (Wildman–Crippen LogP) is 1.26. The van der Waals surface area contributed by atoms with E-state index in [-0.39, 0.29) is 6.61 Å². The van der Waals surface area contributed by atoms with Crippen molar-refractivity contribution >= 4 is 5.82 Å². The largest absolute Gasteiger partial charge is 0.395 e. The molecule has 1 aromatic rings. The molecule has 1 unspecified atom stereocenters. The van der Waals surface area contributed by atoms with E-state index in [1.807, 2.05) is 6.20 Å². The molecular formula is C16H28N4O. The molecule has 2 heterocycles. The molecule has 0 aliphatic carbocycles. The van der Waals surface area contributed by atoms with Gasteiger partial charge in [-0.3, -0.25) is 4.90 Å². The summed E-state index contributed by atoms with van der Waals surface area (Å²) in [6.07, 6.45) is 3.06. The number of nitrogens with zero attached hydrogens (tertiary/aromatic N) is 3. The van der Waals surface area contributed by atoms with Gasteiger partial charge in [0, 0.05) is 45.0 Å². The van der Waals surface area contributed by atoms with Gasteiger partial charge < -0.3 is 15.3 Å². The number of hydrogen-bond acceptors (Lipinski definition) is 5. The summed E-state index contributed by atoms with van der Waals surface area (Å²) in [5, 5.41) is 12.5. The number of hydrogen-bond donors (Lipinski definition) is 2. The van der Waals surface area contributed by atoms with E-state index in [0.717, 1.165) is 51.5 Å². The van der Waals surface area contributed by atoms with Gasteiger partial charge in [0.25, 0.3) is 0 Å². The molecule has 0 bridgehead atoms. The van der Waals surface area contributed by atoms with Crippen LogP contribution in [0.15, 0.2) is 18.3 Å². The number of β-amino-alcohol motifs (C(OH)–C–C–N with tert-alkyl or cyclic N) is 1. The second kappa shape index (κ2) is 8.32. The van der Waals surface area contributed by atoms with Gasteiger partial charge in [-0.25, -0.2) is 4.98 Å². The minimum Gasteiger partial charge on any atom is -0.395 e. The fourth-order valence-electron chi connectivity index (χ4n) is 2.70. The van der Waals surface area contributed by atoms with Crippen LogP contribution in [0, 0.1) is 0 Å². The second-order valence-electron chi connectivity index (χ2n) is 5.68. The molecule has 1 saturated heterocycles. The van der Waals surface area contributed by atoms with Crippen molar-refractivity contribution in [3.8, 4) is 0 Å². The zero-order chi connectivity index (χ0) is 15.1. The molecule has 0 radical (unpaired) electrons. The maximum absolute atomic E-state index is 9.00. The fourth-order valence-corrected chi connectivity index (χ4v) is 2.70. The lowest BCUT2D eigenvalue weighted by Gasteiger charge is -2.35. The van der Waals surface area contributed by atoms with Gasteiger partial charge in [0.1, 0.15) is 5.82 Å². The first-order chi connectivity index (χ1) is 10.2. The minimum atomic E-state index is 0.244. The maximum Gasteiger partial charge on any atom is 0.128 e. The number of anilines is 1. The smallest absolute Gasteiger partial charge is 0.128 e. The Balaban J connectivity index is 1.95. The number of pyridine rings is 1. The third-order valence-corrected chi connectivity index (χ3v) is 4.08. The summed E-state index contributed by atoms with van der Waals surface area (Å²) in [7, 11) is 0. The molecule has 1 aliphatic heterocycles. The van der Waals surface area contributed by atoms with E-state index in [1.165, 1.54) is 5.56 Å². The van der Waals surface area contributed by atoms with Crippen molar-refractivity contribution < 1.29 is 5.11 Å². The van der Waals surface area contributed by atoms with E-state index in [4.69, 9.17) is 5.11 Å². The van der Waals surface area contributed by atoms with E-state index in [9.17, 15) is 0 Å². The van der Waals surface area contributed by atoms with E-state index in [0.29, 0.717) is 6.04 Å². The van der Waals surface area contributed by atoms with Gasteiger partial charge in [0.2, 0.25) is 0 Å². The Bertz CT molecular complexity index is 418. The average Bonchev–Trinajstić information content (AvgIpc) is 2.54. The minimum absolute atomic E-state index is 0.244. The Labute approximate surface area is 128 Å². The Kier molecular flexibility index (Phi) is 6.42. The van der Waals surface area contributed by atoms with Gasteiger partial charge in [0.15, 0.2) is 0 Å². The Morgan fingerprint density at radius 3 is 2.76 bits per heavy atom. The predicted molar refractivity (Wildman–Crippen MR) is 86.7 cm³/mol.